The number of rotatable bonds is 7. The Kier molecular flexibility index (Phi) is 6.85. The number of benzene rings is 2. The number of aromatic nitrogens is 2. The van der Waals surface area contributed by atoms with E-state index in [0.717, 1.165) is 17.3 Å². The molecule has 29 heavy (non-hydrogen) atoms. The Morgan fingerprint density at radius 1 is 1.17 bits per heavy atom. The van der Waals surface area contributed by atoms with Gasteiger partial charge in [-0.1, -0.05) is 59.8 Å². The Hall–Kier alpha value is -2.90. The van der Waals surface area contributed by atoms with Crippen LogP contribution in [-0.2, 0) is 22.6 Å². The summed E-state index contributed by atoms with van der Waals surface area (Å²) in [6.07, 6.45) is 1.70. The molecule has 0 saturated carbocycles. The van der Waals surface area contributed by atoms with Crippen LogP contribution in [0.4, 0.5) is 0 Å². The first-order valence-corrected chi connectivity index (χ1v) is 10.1. The Balaban J connectivity index is 1.72. The average Bonchev–Trinajstić information content (AvgIpc) is 2.69. The largest absolute Gasteiger partial charge is 0.295 e. The molecule has 1 N–H and O–H groups in total. The molecular weight excluding hydrogens is 410 g/mol. The molecule has 0 fully saturated rings. The monoisotopic (exact) mass is 427 g/mol. The van der Waals surface area contributed by atoms with E-state index >= 15 is 0 Å². The fourth-order valence-corrected chi connectivity index (χ4v) is 3.70. The van der Waals surface area contributed by atoms with Crippen LogP contribution in [0.2, 0.25) is 5.02 Å². The van der Waals surface area contributed by atoms with Gasteiger partial charge in [-0.15, -0.1) is 6.58 Å². The van der Waals surface area contributed by atoms with Gasteiger partial charge in [0.25, 0.3) is 5.56 Å². The van der Waals surface area contributed by atoms with E-state index in [9.17, 15) is 14.4 Å². The molecule has 6 nitrogen and oxygen atoms in total. The van der Waals surface area contributed by atoms with Crippen molar-refractivity contribution in [3.05, 3.63) is 82.1 Å². The molecule has 2 amide bonds. The third-order valence-corrected chi connectivity index (χ3v) is 5.22. The number of allylic oxidation sites excluding steroid dienone is 1. The van der Waals surface area contributed by atoms with Gasteiger partial charge in [0.2, 0.25) is 11.8 Å². The second-order valence-corrected chi connectivity index (χ2v) is 7.56. The van der Waals surface area contributed by atoms with Gasteiger partial charge in [0, 0.05) is 11.6 Å². The Bertz CT molecular complexity index is 1130. The fourth-order valence-electron chi connectivity index (χ4n) is 2.72. The third kappa shape index (κ3) is 5.34. The highest BCUT2D eigenvalue weighted by atomic mass is 35.5. The van der Waals surface area contributed by atoms with E-state index in [-0.39, 0.29) is 30.2 Å². The number of imide groups is 1. The van der Waals surface area contributed by atoms with Crippen LogP contribution in [0.1, 0.15) is 5.56 Å². The molecule has 148 valence electrons. The number of amides is 2. The van der Waals surface area contributed by atoms with Crippen molar-refractivity contribution in [3.63, 3.8) is 0 Å². The van der Waals surface area contributed by atoms with Crippen LogP contribution in [0.15, 0.2) is 71.1 Å². The first-order chi connectivity index (χ1) is 14.0. The van der Waals surface area contributed by atoms with Gasteiger partial charge in [-0.05, 0) is 23.8 Å². The molecular formula is C21H18ClN3O3S. The molecule has 2 aromatic carbocycles. The number of halogens is 1. The summed E-state index contributed by atoms with van der Waals surface area (Å²) in [5.41, 5.74) is 1.03. The van der Waals surface area contributed by atoms with E-state index in [2.05, 4.69) is 16.9 Å². The van der Waals surface area contributed by atoms with Gasteiger partial charge in [0.15, 0.2) is 5.16 Å². The van der Waals surface area contributed by atoms with Crippen molar-refractivity contribution in [2.45, 2.75) is 18.1 Å². The zero-order chi connectivity index (χ0) is 20.8. The maximum Gasteiger partial charge on any atom is 0.262 e. The van der Waals surface area contributed by atoms with E-state index in [1.807, 2.05) is 30.3 Å². The zero-order valence-electron chi connectivity index (χ0n) is 15.4. The lowest BCUT2D eigenvalue weighted by molar-refractivity contribution is -0.128. The van der Waals surface area contributed by atoms with Gasteiger partial charge >= 0.3 is 0 Å². The second kappa shape index (κ2) is 9.54. The molecule has 1 aromatic heterocycles. The number of fused-ring (bicyclic) bond motifs is 1. The molecule has 0 unspecified atom stereocenters. The molecule has 3 aromatic rings. The first kappa shape index (κ1) is 20.8. The van der Waals surface area contributed by atoms with Gasteiger partial charge in [-0.2, -0.15) is 0 Å². The van der Waals surface area contributed by atoms with Crippen LogP contribution >= 0.6 is 23.4 Å². The van der Waals surface area contributed by atoms with Gasteiger partial charge in [-0.3, -0.25) is 24.3 Å². The molecule has 0 atom stereocenters. The lowest BCUT2D eigenvalue weighted by atomic mass is 10.1. The van der Waals surface area contributed by atoms with Crippen LogP contribution in [0.3, 0.4) is 0 Å². The van der Waals surface area contributed by atoms with Gasteiger partial charge in [0.05, 0.1) is 23.1 Å². The van der Waals surface area contributed by atoms with Gasteiger partial charge in [-0.25, -0.2) is 4.98 Å². The highest BCUT2D eigenvalue weighted by Gasteiger charge is 2.14. The van der Waals surface area contributed by atoms with Crippen molar-refractivity contribution < 1.29 is 9.59 Å². The van der Waals surface area contributed by atoms with Crippen LogP contribution in [0.5, 0.6) is 0 Å². The summed E-state index contributed by atoms with van der Waals surface area (Å²) in [7, 11) is 0. The third-order valence-electron chi connectivity index (χ3n) is 4.01. The first-order valence-electron chi connectivity index (χ1n) is 8.78. The Morgan fingerprint density at radius 2 is 1.93 bits per heavy atom. The maximum atomic E-state index is 12.7. The lowest BCUT2D eigenvalue weighted by Gasteiger charge is -2.11. The minimum Gasteiger partial charge on any atom is -0.295 e. The minimum absolute atomic E-state index is 0.0593. The van der Waals surface area contributed by atoms with Crippen molar-refractivity contribution in [1.29, 1.82) is 0 Å². The van der Waals surface area contributed by atoms with Gasteiger partial charge < -0.3 is 0 Å². The molecule has 0 saturated heterocycles. The smallest absolute Gasteiger partial charge is 0.262 e. The molecule has 0 aliphatic rings. The molecule has 0 spiro atoms. The number of hydrogen-bond acceptors (Lipinski definition) is 5. The summed E-state index contributed by atoms with van der Waals surface area (Å²) in [6.45, 7) is 3.92. The topological polar surface area (TPSA) is 81.1 Å². The van der Waals surface area contributed by atoms with E-state index < -0.39 is 5.91 Å². The van der Waals surface area contributed by atoms with E-state index in [1.165, 1.54) is 4.57 Å². The highest BCUT2D eigenvalue weighted by molar-refractivity contribution is 7.99. The number of carbonyl (C=O) groups excluding carboxylic acids is 2. The molecule has 0 aliphatic heterocycles. The van der Waals surface area contributed by atoms with Crippen LogP contribution in [-0.4, -0.2) is 27.1 Å². The molecule has 0 radical (unpaired) electrons. The van der Waals surface area contributed by atoms with Crippen molar-refractivity contribution >= 4 is 46.1 Å². The second-order valence-electron chi connectivity index (χ2n) is 6.18. The Morgan fingerprint density at radius 3 is 2.66 bits per heavy atom. The standard InChI is InChI=1S/C21H18ClN3O3S/c1-2-10-25-20(28)16-9-8-15(22)12-17(16)23-21(25)29-13-19(27)24-18(26)11-14-6-4-3-5-7-14/h2-9,12H,1,10-11,13H2,(H,24,26,27). The molecule has 8 heteroatoms. The normalized spacial score (nSPS) is 10.7. The summed E-state index contributed by atoms with van der Waals surface area (Å²) in [4.78, 5) is 41.4. The van der Waals surface area contributed by atoms with Crippen LogP contribution < -0.4 is 10.9 Å². The summed E-state index contributed by atoms with van der Waals surface area (Å²) in [5, 5.41) is 3.61. The number of nitrogens with one attached hydrogen (secondary N) is 1. The maximum absolute atomic E-state index is 12.7. The zero-order valence-corrected chi connectivity index (χ0v) is 17.0. The van der Waals surface area contributed by atoms with E-state index in [1.54, 1.807) is 24.3 Å². The van der Waals surface area contributed by atoms with Crippen molar-refractivity contribution in [2.24, 2.45) is 0 Å². The van der Waals surface area contributed by atoms with Crippen LogP contribution in [0, 0.1) is 0 Å². The van der Waals surface area contributed by atoms with Crippen molar-refractivity contribution in [1.82, 2.24) is 14.9 Å². The average molecular weight is 428 g/mol. The van der Waals surface area contributed by atoms with Gasteiger partial charge in [0.1, 0.15) is 0 Å². The molecule has 0 bridgehead atoms. The van der Waals surface area contributed by atoms with Crippen molar-refractivity contribution in [3.8, 4) is 0 Å². The quantitative estimate of drug-likeness (QED) is 0.355. The highest BCUT2D eigenvalue weighted by Crippen LogP contribution is 2.20. The number of hydrogen-bond donors (Lipinski definition) is 1. The molecule has 3 rings (SSSR count). The summed E-state index contributed by atoms with van der Waals surface area (Å²) in [5.74, 6) is -0.902. The molecule has 0 aliphatic carbocycles. The predicted octanol–water partition coefficient (Wildman–Crippen LogP) is 3.21. The summed E-state index contributed by atoms with van der Waals surface area (Å²) >= 11 is 7.08. The van der Waals surface area contributed by atoms with E-state index in [4.69, 9.17) is 11.6 Å². The van der Waals surface area contributed by atoms with Crippen LogP contribution in [0.25, 0.3) is 10.9 Å². The minimum atomic E-state index is -0.457. The van der Waals surface area contributed by atoms with Crippen molar-refractivity contribution in [2.75, 3.05) is 5.75 Å². The summed E-state index contributed by atoms with van der Waals surface area (Å²) < 4.78 is 1.44. The number of thioether (sulfide) groups is 1. The van der Waals surface area contributed by atoms with E-state index in [0.29, 0.717) is 21.1 Å². The lowest BCUT2D eigenvalue weighted by Crippen LogP contribution is -2.33. The predicted molar refractivity (Wildman–Crippen MR) is 115 cm³/mol. The molecule has 1 heterocycles. The number of carbonyl (C=O) groups is 2. The summed E-state index contributed by atoms with van der Waals surface area (Å²) in [6, 6.07) is 14.0. The fraction of sp³-hybridized carbons (Fsp3) is 0.143. The number of nitrogens with zero attached hydrogens (tertiary/aromatic N) is 2. The SMILES string of the molecule is C=CCn1c(SCC(=O)NC(=O)Cc2ccccc2)nc2cc(Cl)ccc2c1=O. The Labute approximate surface area is 176 Å².